The normalized spacial score (nSPS) is 11.6. The SMILES string of the molecule is Cc1cc(F)ccc1S(=O)(=O)Nc1c(C)n[nH]c1C. The highest BCUT2D eigenvalue weighted by Gasteiger charge is 2.20. The lowest BCUT2D eigenvalue weighted by Gasteiger charge is -2.10. The summed E-state index contributed by atoms with van der Waals surface area (Å²) in [6, 6.07) is 3.55. The van der Waals surface area contributed by atoms with Crippen LogP contribution in [-0.2, 0) is 10.0 Å². The van der Waals surface area contributed by atoms with Crippen LogP contribution in [0.2, 0.25) is 0 Å². The van der Waals surface area contributed by atoms with Gasteiger partial charge >= 0.3 is 0 Å². The zero-order valence-corrected chi connectivity index (χ0v) is 11.6. The summed E-state index contributed by atoms with van der Waals surface area (Å²) in [6.07, 6.45) is 0. The molecule has 102 valence electrons. The van der Waals surface area contributed by atoms with E-state index in [0.29, 0.717) is 22.6 Å². The van der Waals surface area contributed by atoms with E-state index in [2.05, 4.69) is 14.9 Å². The number of benzene rings is 1. The van der Waals surface area contributed by atoms with E-state index in [0.717, 1.165) is 6.07 Å². The van der Waals surface area contributed by atoms with Crippen LogP contribution in [0.25, 0.3) is 0 Å². The van der Waals surface area contributed by atoms with Gasteiger partial charge in [-0.25, -0.2) is 12.8 Å². The fourth-order valence-corrected chi connectivity index (χ4v) is 3.21. The summed E-state index contributed by atoms with van der Waals surface area (Å²) in [5, 5.41) is 6.62. The molecule has 0 aliphatic heterocycles. The lowest BCUT2D eigenvalue weighted by molar-refractivity contribution is 0.598. The summed E-state index contributed by atoms with van der Waals surface area (Å²) in [7, 11) is -3.75. The zero-order valence-electron chi connectivity index (χ0n) is 10.8. The van der Waals surface area contributed by atoms with E-state index in [4.69, 9.17) is 0 Å². The molecule has 0 saturated heterocycles. The molecule has 0 bridgehead atoms. The van der Waals surface area contributed by atoms with Gasteiger partial charge in [0, 0.05) is 0 Å². The quantitative estimate of drug-likeness (QED) is 0.907. The monoisotopic (exact) mass is 283 g/mol. The van der Waals surface area contributed by atoms with Crippen molar-refractivity contribution in [1.82, 2.24) is 10.2 Å². The van der Waals surface area contributed by atoms with Crippen molar-refractivity contribution in [3.8, 4) is 0 Å². The van der Waals surface area contributed by atoms with Crippen molar-refractivity contribution in [2.24, 2.45) is 0 Å². The molecule has 0 atom stereocenters. The third kappa shape index (κ3) is 2.60. The fourth-order valence-electron chi connectivity index (χ4n) is 1.80. The maximum absolute atomic E-state index is 13.0. The molecular weight excluding hydrogens is 269 g/mol. The molecular formula is C12H14FN3O2S. The van der Waals surface area contributed by atoms with Crippen LogP contribution in [0.1, 0.15) is 17.0 Å². The molecule has 19 heavy (non-hydrogen) atoms. The van der Waals surface area contributed by atoms with Gasteiger partial charge in [-0.2, -0.15) is 5.10 Å². The van der Waals surface area contributed by atoms with Crippen LogP contribution in [0.5, 0.6) is 0 Å². The van der Waals surface area contributed by atoms with Gasteiger partial charge in [0.05, 0.1) is 22.0 Å². The molecule has 7 heteroatoms. The van der Waals surface area contributed by atoms with Crippen molar-refractivity contribution in [3.05, 3.63) is 41.0 Å². The predicted molar refractivity (Wildman–Crippen MR) is 70.0 cm³/mol. The van der Waals surface area contributed by atoms with E-state index in [1.807, 2.05) is 0 Å². The van der Waals surface area contributed by atoms with Gasteiger partial charge in [0.1, 0.15) is 5.82 Å². The molecule has 2 N–H and O–H groups in total. The summed E-state index contributed by atoms with van der Waals surface area (Å²) in [5.74, 6) is -0.466. The minimum Gasteiger partial charge on any atom is -0.280 e. The molecule has 1 heterocycles. The maximum Gasteiger partial charge on any atom is 0.262 e. The number of sulfonamides is 1. The van der Waals surface area contributed by atoms with Gasteiger partial charge in [-0.05, 0) is 44.5 Å². The second-order valence-electron chi connectivity index (χ2n) is 4.32. The van der Waals surface area contributed by atoms with Gasteiger partial charge in [0.15, 0.2) is 0 Å². The Labute approximate surface area is 110 Å². The topological polar surface area (TPSA) is 74.8 Å². The molecule has 0 fully saturated rings. The first-order valence-corrected chi connectivity index (χ1v) is 7.10. The average molecular weight is 283 g/mol. The molecule has 5 nitrogen and oxygen atoms in total. The Morgan fingerprint density at radius 2 is 1.95 bits per heavy atom. The molecule has 0 aliphatic rings. The molecule has 1 aromatic heterocycles. The number of nitrogens with zero attached hydrogens (tertiary/aromatic N) is 1. The molecule has 0 aliphatic carbocycles. The van der Waals surface area contributed by atoms with Crippen molar-refractivity contribution in [2.75, 3.05) is 4.72 Å². The fraction of sp³-hybridized carbons (Fsp3) is 0.250. The number of rotatable bonds is 3. The van der Waals surface area contributed by atoms with Gasteiger partial charge in [-0.15, -0.1) is 0 Å². The van der Waals surface area contributed by atoms with Gasteiger partial charge in [0.2, 0.25) is 0 Å². The van der Waals surface area contributed by atoms with E-state index < -0.39 is 15.8 Å². The Morgan fingerprint density at radius 1 is 1.26 bits per heavy atom. The number of aromatic amines is 1. The summed E-state index contributed by atoms with van der Waals surface area (Å²) >= 11 is 0. The Morgan fingerprint density at radius 3 is 2.47 bits per heavy atom. The first-order valence-electron chi connectivity index (χ1n) is 5.62. The smallest absolute Gasteiger partial charge is 0.262 e. The number of aryl methyl sites for hydroxylation is 3. The summed E-state index contributed by atoms with van der Waals surface area (Å²) in [6.45, 7) is 4.96. The van der Waals surface area contributed by atoms with Crippen LogP contribution >= 0.6 is 0 Å². The Kier molecular flexibility index (Phi) is 3.32. The van der Waals surface area contributed by atoms with Crippen molar-refractivity contribution < 1.29 is 12.8 Å². The Hall–Kier alpha value is -1.89. The van der Waals surface area contributed by atoms with Gasteiger partial charge in [0.25, 0.3) is 10.0 Å². The highest BCUT2D eigenvalue weighted by Crippen LogP contribution is 2.23. The Bertz CT molecular complexity index is 703. The van der Waals surface area contributed by atoms with E-state index in [1.165, 1.54) is 12.1 Å². The second-order valence-corrected chi connectivity index (χ2v) is 5.98. The third-order valence-electron chi connectivity index (χ3n) is 2.79. The van der Waals surface area contributed by atoms with Crippen LogP contribution in [0, 0.1) is 26.6 Å². The average Bonchev–Trinajstić information content (AvgIpc) is 2.60. The largest absolute Gasteiger partial charge is 0.280 e. The second kappa shape index (κ2) is 4.65. The van der Waals surface area contributed by atoms with E-state index in [-0.39, 0.29) is 4.90 Å². The number of nitrogens with one attached hydrogen (secondary N) is 2. The van der Waals surface area contributed by atoms with Gasteiger partial charge < -0.3 is 0 Å². The number of aromatic nitrogens is 2. The molecule has 2 rings (SSSR count). The molecule has 0 spiro atoms. The van der Waals surface area contributed by atoms with E-state index >= 15 is 0 Å². The van der Waals surface area contributed by atoms with Crippen molar-refractivity contribution in [3.63, 3.8) is 0 Å². The van der Waals surface area contributed by atoms with E-state index in [9.17, 15) is 12.8 Å². The molecule has 1 aromatic carbocycles. The van der Waals surface area contributed by atoms with E-state index in [1.54, 1.807) is 20.8 Å². The lowest BCUT2D eigenvalue weighted by Crippen LogP contribution is -2.15. The minimum absolute atomic E-state index is 0.0499. The van der Waals surface area contributed by atoms with Crippen LogP contribution in [0.4, 0.5) is 10.1 Å². The van der Waals surface area contributed by atoms with Crippen LogP contribution < -0.4 is 4.72 Å². The number of anilines is 1. The highest BCUT2D eigenvalue weighted by atomic mass is 32.2. The van der Waals surface area contributed by atoms with Gasteiger partial charge in [-0.3, -0.25) is 9.82 Å². The standard InChI is InChI=1S/C12H14FN3O2S/c1-7-6-10(13)4-5-11(7)19(17,18)16-12-8(2)14-15-9(12)3/h4-6,16H,1-3H3,(H,14,15). The van der Waals surface area contributed by atoms with Crippen LogP contribution in [-0.4, -0.2) is 18.6 Å². The predicted octanol–water partition coefficient (Wildman–Crippen LogP) is 2.27. The minimum atomic E-state index is -3.75. The van der Waals surface area contributed by atoms with Crippen molar-refractivity contribution in [1.29, 1.82) is 0 Å². The zero-order chi connectivity index (χ0) is 14.2. The summed E-state index contributed by atoms with van der Waals surface area (Å²) in [5.41, 5.74) is 1.96. The van der Waals surface area contributed by atoms with Crippen molar-refractivity contribution >= 4 is 15.7 Å². The van der Waals surface area contributed by atoms with Crippen molar-refractivity contribution in [2.45, 2.75) is 25.7 Å². The van der Waals surface area contributed by atoms with Crippen LogP contribution in [0.3, 0.4) is 0 Å². The molecule has 0 amide bonds. The van der Waals surface area contributed by atoms with Gasteiger partial charge in [-0.1, -0.05) is 0 Å². The lowest BCUT2D eigenvalue weighted by atomic mass is 10.2. The Balaban J connectivity index is 2.44. The molecule has 2 aromatic rings. The number of hydrogen-bond donors (Lipinski definition) is 2. The molecule has 0 saturated carbocycles. The first-order chi connectivity index (χ1) is 8.81. The number of H-pyrrole nitrogens is 1. The number of halogens is 1. The summed E-state index contributed by atoms with van der Waals surface area (Å²) < 4.78 is 40.0. The third-order valence-corrected chi connectivity index (χ3v) is 4.30. The first kappa shape index (κ1) is 13.5. The summed E-state index contributed by atoms with van der Waals surface area (Å²) in [4.78, 5) is 0.0499. The molecule has 0 unspecified atom stereocenters. The highest BCUT2D eigenvalue weighted by molar-refractivity contribution is 7.92. The maximum atomic E-state index is 13.0. The number of hydrogen-bond acceptors (Lipinski definition) is 3. The molecule has 0 radical (unpaired) electrons. The van der Waals surface area contributed by atoms with Crippen LogP contribution in [0.15, 0.2) is 23.1 Å².